The number of nitrogens with one attached hydrogen (secondary N) is 2. The number of urea groups is 1. The average molecular weight is 278 g/mol. The molecule has 0 aliphatic carbocycles. The van der Waals surface area contributed by atoms with Gasteiger partial charge in [-0.25, -0.2) is 4.79 Å². The second-order valence-electron chi connectivity index (χ2n) is 4.83. The van der Waals surface area contributed by atoms with E-state index in [0.29, 0.717) is 6.54 Å². The number of hydrogen-bond donors (Lipinski definition) is 2. The molecule has 0 saturated heterocycles. The van der Waals surface area contributed by atoms with Crippen molar-refractivity contribution in [1.29, 1.82) is 0 Å². The van der Waals surface area contributed by atoms with Crippen LogP contribution in [0.2, 0.25) is 0 Å². The summed E-state index contributed by atoms with van der Waals surface area (Å²) in [6.07, 6.45) is 4.12. The molecule has 1 aliphatic heterocycles. The van der Waals surface area contributed by atoms with Crippen LogP contribution in [0.25, 0.3) is 0 Å². The molecule has 0 bridgehead atoms. The molecule has 110 valence electrons. The van der Waals surface area contributed by atoms with E-state index in [1.165, 1.54) is 0 Å². The molecule has 0 unspecified atom stereocenters. The molecular weight excluding hydrogens is 256 g/mol. The Balaban J connectivity index is 1.64. The number of hydrogen-bond acceptors (Lipinski definition) is 3. The number of unbranched alkanes of at least 4 members (excludes halogenated alkanes) is 2. The lowest BCUT2D eigenvalue weighted by atomic mass is 10.1. The first-order chi connectivity index (χ1) is 9.79. The predicted molar refractivity (Wildman–Crippen MR) is 77.2 cm³/mol. The van der Waals surface area contributed by atoms with Crippen molar-refractivity contribution in [2.24, 2.45) is 0 Å². The summed E-state index contributed by atoms with van der Waals surface area (Å²) in [5, 5.41) is 5.70. The van der Waals surface area contributed by atoms with Crippen LogP contribution in [0.4, 0.5) is 4.79 Å². The Morgan fingerprint density at radius 1 is 1.15 bits per heavy atom. The summed E-state index contributed by atoms with van der Waals surface area (Å²) in [5.74, 6) is 1.57. The molecule has 0 fully saturated rings. The van der Waals surface area contributed by atoms with Gasteiger partial charge in [0.25, 0.3) is 0 Å². The predicted octanol–water partition coefficient (Wildman–Crippen LogP) is 2.45. The monoisotopic (exact) mass is 278 g/mol. The van der Waals surface area contributed by atoms with Crippen molar-refractivity contribution in [2.45, 2.75) is 32.6 Å². The lowest BCUT2D eigenvalue weighted by Gasteiger charge is -2.07. The minimum absolute atomic E-state index is 0.0955. The van der Waals surface area contributed by atoms with E-state index in [0.717, 1.165) is 49.3 Å². The second kappa shape index (κ2) is 7.62. The number of carbonyl (C=O) groups excluding carboxylic acids is 1. The number of benzene rings is 1. The van der Waals surface area contributed by atoms with Crippen molar-refractivity contribution < 1.29 is 14.3 Å². The van der Waals surface area contributed by atoms with Gasteiger partial charge >= 0.3 is 6.03 Å². The summed E-state index contributed by atoms with van der Waals surface area (Å²) in [6.45, 7) is 3.78. The molecule has 20 heavy (non-hydrogen) atoms. The van der Waals surface area contributed by atoms with Gasteiger partial charge < -0.3 is 20.1 Å². The number of amides is 2. The van der Waals surface area contributed by atoms with Crippen LogP contribution in [0.3, 0.4) is 0 Å². The first-order valence-corrected chi connectivity index (χ1v) is 7.20. The van der Waals surface area contributed by atoms with E-state index >= 15 is 0 Å². The smallest absolute Gasteiger partial charge is 0.314 e. The van der Waals surface area contributed by atoms with E-state index in [4.69, 9.17) is 9.47 Å². The largest absolute Gasteiger partial charge is 0.454 e. The molecule has 1 aromatic carbocycles. The molecule has 5 heteroatoms. The Kier molecular flexibility index (Phi) is 5.53. The lowest BCUT2D eigenvalue weighted by molar-refractivity contribution is 0.174. The highest BCUT2D eigenvalue weighted by atomic mass is 16.7. The molecule has 0 aromatic heterocycles. The van der Waals surface area contributed by atoms with Crippen LogP contribution in [-0.4, -0.2) is 25.9 Å². The summed E-state index contributed by atoms with van der Waals surface area (Å²) in [4.78, 5) is 11.5. The molecule has 1 aliphatic rings. The Hall–Kier alpha value is -1.91. The topological polar surface area (TPSA) is 59.6 Å². The van der Waals surface area contributed by atoms with Crippen molar-refractivity contribution in [2.75, 3.05) is 19.9 Å². The standard InChI is InChI=1S/C15H22N2O3/c1-2-3-4-8-16-15(18)17-9-7-12-5-6-13-14(10-12)20-11-19-13/h5-6,10H,2-4,7-9,11H2,1H3,(H2,16,17,18). The second-order valence-corrected chi connectivity index (χ2v) is 4.83. The third-order valence-corrected chi connectivity index (χ3v) is 3.20. The third-order valence-electron chi connectivity index (χ3n) is 3.20. The fourth-order valence-corrected chi connectivity index (χ4v) is 2.06. The molecule has 2 rings (SSSR count). The van der Waals surface area contributed by atoms with Crippen molar-refractivity contribution in [3.05, 3.63) is 23.8 Å². The summed E-state index contributed by atoms with van der Waals surface area (Å²) < 4.78 is 10.6. The molecule has 2 N–H and O–H groups in total. The Morgan fingerprint density at radius 3 is 2.80 bits per heavy atom. The van der Waals surface area contributed by atoms with E-state index in [1.54, 1.807) is 0 Å². The summed E-state index contributed by atoms with van der Waals surface area (Å²) in [7, 11) is 0. The number of carbonyl (C=O) groups is 1. The van der Waals surface area contributed by atoms with Gasteiger partial charge in [0.1, 0.15) is 0 Å². The fraction of sp³-hybridized carbons (Fsp3) is 0.533. The Labute approximate surface area is 119 Å². The van der Waals surface area contributed by atoms with Crippen molar-refractivity contribution in [1.82, 2.24) is 10.6 Å². The quantitative estimate of drug-likeness (QED) is 0.753. The zero-order valence-electron chi connectivity index (χ0n) is 11.9. The maximum absolute atomic E-state index is 11.5. The normalized spacial score (nSPS) is 12.2. The molecule has 5 nitrogen and oxygen atoms in total. The van der Waals surface area contributed by atoms with Gasteiger partial charge in [-0.05, 0) is 30.5 Å². The van der Waals surface area contributed by atoms with Crippen LogP contribution in [0, 0.1) is 0 Å². The van der Waals surface area contributed by atoms with Crippen LogP contribution in [-0.2, 0) is 6.42 Å². The lowest BCUT2D eigenvalue weighted by Crippen LogP contribution is -2.37. The molecule has 1 aromatic rings. The van der Waals surface area contributed by atoms with E-state index in [2.05, 4.69) is 17.6 Å². The molecular formula is C15H22N2O3. The van der Waals surface area contributed by atoms with Gasteiger partial charge in [-0.15, -0.1) is 0 Å². The highest BCUT2D eigenvalue weighted by Gasteiger charge is 2.12. The molecule has 2 amide bonds. The summed E-state index contributed by atoms with van der Waals surface area (Å²) >= 11 is 0. The summed E-state index contributed by atoms with van der Waals surface area (Å²) in [5.41, 5.74) is 1.13. The SMILES string of the molecule is CCCCCNC(=O)NCCc1ccc2c(c1)OCO2. The van der Waals surface area contributed by atoms with E-state index < -0.39 is 0 Å². The van der Waals surface area contributed by atoms with Crippen molar-refractivity contribution in [3.8, 4) is 11.5 Å². The van der Waals surface area contributed by atoms with Crippen LogP contribution < -0.4 is 20.1 Å². The maximum atomic E-state index is 11.5. The van der Waals surface area contributed by atoms with E-state index in [-0.39, 0.29) is 12.8 Å². The summed E-state index contributed by atoms with van der Waals surface area (Å²) in [6, 6.07) is 5.77. The highest BCUT2D eigenvalue weighted by Crippen LogP contribution is 2.32. The Morgan fingerprint density at radius 2 is 1.95 bits per heavy atom. The van der Waals surface area contributed by atoms with Gasteiger partial charge in [0.15, 0.2) is 11.5 Å². The van der Waals surface area contributed by atoms with Gasteiger partial charge in [0, 0.05) is 13.1 Å². The van der Waals surface area contributed by atoms with Gasteiger partial charge in [0.05, 0.1) is 0 Å². The average Bonchev–Trinajstić information content (AvgIpc) is 2.91. The zero-order valence-corrected chi connectivity index (χ0v) is 11.9. The Bertz CT molecular complexity index is 449. The minimum Gasteiger partial charge on any atom is -0.454 e. The first-order valence-electron chi connectivity index (χ1n) is 7.20. The fourth-order valence-electron chi connectivity index (χ4n) is 2.06. The molecule has 0 radical (unpaired) electrons. The van der Waals surface area contributed by atoms with Gasteiger partial charge in [-0.1, -0.05) is 25.8 Å². The van der Waals surface area contributed by atoms with E-state index in [9.17, 15) is 4.79 Å². The maximum Gasteiger partial charge on any atom is 0.314 e. The number of fused-ring (bicyclic) bond motifs is 1. The minimum atomic E-state index is -0.0955. The van der Waals surface area contributed by atoms with Gasteiger partial charge in [0.2, 0.25) is 6.79 Å². The van der Waals surface area contributed by atoms with Gasteiger partial charge in [-0.2, -0.15) is 0 Å². The van der Waals surface area contributed by atoms with Gasteiger partial charge in [-0.3, -0.25) is 0 Å². The van der Waals surface area contributed by atoms with Crippen molar-refractivity contribution in [3.63, 3.8) is 0 Å². The molecule has 0 atom stereocenters. The highest BCUT2D eigenvalue weighted by molar-refractivity contribution is 5.73. The van der Waals surface area contributed by atoms with Crippen LogP contribution >= 0.6 is 0 Å². The van der Waals surface area contributed by atoms with Crippen molar-refractivity contribution >= 4 is 6.03 Å². The van der Waals surface area contributed by atoms with Crippen LogP contribution in [0.5, 0.6) is 11.5 Å². The molecule has 1 heterocycles. The van der Waals surface area contributed by atoms with Crippen LogP contribution in [0.15, 0.2) is 18.2 Å². The number of ether oxygens (including phenoxy) is 2. The first kappa shape index (κ1) is 14.5. The third kappa shape index (κ3) is 4.33. The zero-order chi connectivity index (χ0) is 14.2. The molecule has 0 saturated carbocycles. The van der Waals surface area contributed by atoms with E-state index in [1.807, 2.05) is 18.2 Å². The molecule has 0 spiro atoms. The van der Waals surface area contributed by atoms with Crippen LogP contribution in [0.1, 0.15) is 31.7 Å². The number of rotatable bonds is 7.